The molecule has 0 heterocycles. The lowest BCUT2D eigenvalue weighted by Crippen LogP contribution is -2.33. The highest BCUT2D eigenvalue weighted by atomic mass is 16.5. The van der Waals surface area contributed by atoms with E-state index in [-0.39, 0.29) is 0 Å². The first-order chi connectivity index (χ1) is 7.81. The third-order valence-corrected chi connectivity index (χ3v) is 2.48. The molecule has 0 saturated carbocycles. The molecule has 1 aromatic carbocycles. The maximum Gasteiger partial charge on any atom is 0.123 e. The Kier molecular flexibility index (Phi) is 5.85. The number of nitrogens with zero attached hydrogens (tertiary/aromatic N) is 1. The molecule has 0 fully saturated rings. The summed E-state index contributed by atoms with van der Waals surface area (Å²) in [5, 5.41) is 0. The van der Waals surface area contributed by atoms with Crippen molar-refractivity contribution in [2.24, 2.45) is 11.5 Å². The lowest BCUT2D eigenvalue weighted by molar-refractivity contribution is 0.275. The topological polar surface area (TPSA) is 64.5 Å². The quantitative estimate of drug-likeness (QED) is 0.703. The van der Waals surface area contributed by atoms with Gasteiger partial charge in [-0.05, 0) is 6.07 Å². The molecule has 0 bridgehead atoms. The summed E-state index contributed by atoms with van der Waals surface area (Å²) >= 11 is 0. The molecule has 0 aliphatic carbocycles. The van der Waals surface area contributed by atoms with Crippen LogP contribution in [0.4, 0.5) is 0 Å². The van der Waals surface area contributed by atoms with Gasteiger partial charge in [0.1, 0.15) is 5.75 Å². The first-order valence-electron chi connectivity index (χ1n) is 5.56. The van der Waals surface area contributed by atoms with Crippen LogP contribution < -0.4 is 16.2 Å². The molecule has 4 nitrogen and oxygen atoms in total. The molecule has 4 N–H and O–H groups in total. The maximum atomic E-state index is 5.57. The van der Waals surface area contributed by atoms with Gasteiger partial charge in [0.2, 0.25) is 0 Å². The van der Waals surface area contributed by atoms with Crippen molar-refractivity contribution < 1.29 is 4.74 Å². The van der Waals surface area contributed by atoms with E-state index in [1.807, 2.05) is 18.2 Å². The number of rotatable bonds is 7. The SMILES string of the molecule is COc1ccccc1CN(CCN)CCN. The van der Waals surface area contributed by atoms with Gasteiger partial charge in [0.15, 0.2) is 0 Å². The number of nitrogens with two attached hydrogens (primary N) is 2. The standard InChI is InChI=1S/C12H21N3O/c1-16-12-5-3-2-4-11(12)10-15(8-6-13)9-7-14/h2-5H,6-10,13-14H2,1H3. The van der Waals surface area contributed by atoms with Gasteiger partial charge in [-0.15, -0.1) is 0 Å². The Balaban J connectivity index is 2.67. The molecular formula is C12H21N3O. The highest BCUT2D eigenvalue weighted by Gasteiger charge is 2.07. The molecule has 0 unspecified atom stereocenters. The number of hydrogen-bond acceptors (Lipinski definition) is 4. The van der Waals surface area contributed by atoms with Crippen molar-refractivity contribution in [3.05, 3.63) is 29.8 Å². The van der Waals surface area contributed by atoms with E-state index in [0.29, 0.717) is 13.1 Å². The second-order valence-electron chi connectivity index (χ2n) is 3.67. The molecule has 0 aliphatic rings. The fourth-order valence-electron chi connectivity index (χ4n) is 1.71. The molecule has 0 amide bonds. The minimum absolute atomic E-state index is 0.648. The lowest BCUT2D eigenvalue weighted by atomic mass is 10.2. The van der Waals surface area contributed by atoms with Crippen LogP contribution in [0.15, 0.2) is 24.3 Å². The van der Waals surface area contributed by atoms with Gasteiger partial charge < -0.3 is 16.2 Å². The van der Waals surface area contributed by atoms with Crippen LogP contribution in [-0.4, -0.2) is 38.2 Å². The normalized spacial score (nSPS) is 10.8. The Labute approximate surface area is 97.2 Å². The van der Waals surface area contributed by atoms with Gasteiger partial charge in [-0.3, -0.25) is 4.90 Å². The van der Waals surface area contributed by atoms with Crippen LogP contribution in [0.1, 0.15) is 5.56 Å². The number of para-hydroxylation sites is 1. The average Bonchev–Trinajstić information content (AvgIpc) is 2.30. The number of benzene rings is 1. The summed E-state index contributed by atoms with van der Waals surface area (Å²) in [4.78, 5) is 2.23. The van der Waals surface area contributed by atoms with Gasteiger partial charge in [-0.2, -0.15) is 0 Å². The van der Waals surface area contributed by atoms with E-state index in [9.17, 15) is 0 Å². The monoisotopic (exact) mass is 223 g/mol. The van der Waals surface area contributed by atoms with Crippen LogP contribution >= 0.6 is 0 Å². The molecule has 1 rings (SSSR count). The Morgan fingerprint density at radius 3 is 2.31 bits per heavy atom. The van der Waals surface area contributed by atoms with Crippen molar-refractivity contribution in [3.8, 4) is 5.75 Å². The molecule has 0 aromatic heterocycles. The highest BCUT2D eigenvalue weighted by Crippen LogP contribution is 2.18. The largest absolute Gasteiger partial charge is 0.496 e. The van der Waals surface area contributed by atoms with Gasteiger partial charge in [0, 0.05) is 38.3 Å². The van der Waals surface area contributed by atoms with E-state index in [1.54, 1.807) is 7.11 Å². The van der Waals surface area contributed by atoms with Crippen LogP contribution in [-0.2, 0) is 6.54 Å². The highest BCUT2D eigenvalue weighted by molar-refractivity contribution is 5.33. The molecule has 16 heavy (non-hydrogen) atoms. The maximum absolute atomic E-state index is 5.57. The summed E-state index contributed by atoms with van der Waals surface area (Å²) < 4.78 is 5.31. The fraction of sp³-hybridized carbons (Fsp3) is 0.500. The molecule has 0 aliphatic heterocycles. The number of ether oxygens (including phenoxy) is 1. The molecular weight excluding hydrogens is 202 g/mol. The smallest absolute Gasteiger partial charge is 0.123 e. The van der Waals surface area contributed by atoms with Gasteiger partial charge in [-0.1, -0.05) is 18.2 Å². The van der Waals surface area contributed by atoms with Crippen molar-refractivity contribution in [3.63, 3.8) is 0 Å². The van der Waals surface area contributed by atoms with Crippen molar-refractivity contribution in [1.29, 1.82) is 0 Å². The van der Waals surface area contributed by atoms with Gasteiger partial charge in [0.05, 0.1) is 7.11 Å². The summed E-state index contributed by atoms with van der Waals surface area (Å²) in [5.74, 6) is 0.918. The summed E-state index contributed by atoms with van der Waals surface area (Å²) in [5.41, 5.74) is 12.3. The Bertz CT molecular complexity index is 298. The summed E-state index contributed by atoms with van der Waals surface area (Å²) in [6.45, 7) is 3.84. The van der Waals surface area contributed by atoms with E-state index in [0.717, 1.165) is 25.4 Å². The van der Waals surface area contributed by atoms with E-state index in [4.69, 9.17) is 16.2 Å². The van der Waals surface area contributed by atoms with Crippen LogP contribution in [0.5, 0.6) is 5.75 Å². The fourth-order valence-corrected chi connectivity index (χ4v) is 1.71. The van der Waals surface area contributed by atoms with E-state index in [1.165, 1.54) is 5.56 Å². The average molecular weight is 223 g/mol. The third-order valence-electron chi connectivity index (χ3n) is 2.48. The van der Waals surface area contributed by atoms with Crippen molar-refractivity contribution in [1.82, 2.24) is 4.90 Å². The molecule has 0 spiro atoms. The predicted octanol–water partition coefficient (Wildman–Crippen LogP) is 0.415. The Morgan fingerprint density at radius 2 is 1.75 bits per heavy atom. The van der Waals surface area contributed by atoms with Crippen molar-refractivity contribution in [2.45, 2.75) is 6.54 Å². The molecule has 4 heteroatoms. The van der Waals surface area contributed by atoms with E-state index in [2.05, 4.69) is 11.0 Å². The second kappa shape index (κ2) is 7.22. The first kappa shape index (κ1) is 13.0. The second-order valence-corrected chi connectivity index (χ2v) is 3.67. The number of hydrogen-bond donors (Lipinski definition) is 2. The summed E-state index contributed by atoms with van der Waals surface area (Å²) in [6, 6.07) is 8.02. The first-order valence-corrected chi connectivity index (χ1v) is 5.56. The Morgan fingerprint density at radius 1 is 1.12 bits per heavy atom. The lowest BCUT2D eigenvalue weighted by Gasteiger charge is -2.21. The zero-order valence-corrected chi connectivity index (χ0v) is 9.86. The molecule has 1 aromatic rings. The minimum atomic E-state index is 0.648. The predicted molar refractivity (Wildman–Crippen MR) is 66.4 cm³/mol. The third kappa shape index (κ3) is 3.81. The van der Waals surface area contributed by atoms with Gasteiger partial charge in [-0.25, -0.2) is 0 Å². The van der Waals surface area contributed by atoms with Crippen molar-refractivity contribution in [2.75, 3.05) is 33.3 Å². The van der Waals surface area contributed by atoms with Crippen LogP contribution in [0, 0.1) is 0 Å². The van der Waals surface area contributed by atoms with E-state index >= 15 is 0 Å². The molecule has 0 saturated heterocycles. The van der Waals surface area contributed by atoms with Gasteiger partial charge in [0.25, 0.3) is 0 Å². The summed E-state index contributed by atoms with van der Waals surface area (Å²) in [7, 11) is 1.69. The van der Waals surface area contributed by atoms with Crippen LogP contribution in [0.25, 0.3) is 0 Å². The Hall–Kier alpha value is -1.10. The summed E-state index contributed by atoms with van der Waals surface area (Å²) in [6.07, 6.45) is 0. The zero-order valence-electron chi connectivity index (χ0n) is 9.86. The zero-order chi connectivity index (χ0) is 11.8. The number of methoxy groups -OCH3 is 1. The van der Waals surface area contributed by atoms with E-state index < -0.39 is 0 Å². The molecule has 90 valence electrons. The van der Waals surface area contributed by atoms with Crippen molar-refractivity contribution >= 4 is 0 Å². The van der Waals surface area contributed by atoms with Crippen LogP contribution in [0.3, 0.4) is 0 Å². The molecule has 0 radical (unpaired) electrons. The van der Waals surface area contributed by atoms with Gasteiger partial charge >= 0.3 is 0 Å². The van der Waals surface area contributed by atoms with Crippen LogP contribution in [0.2, 0.25) is 0 Å². The molecule has 0 atom stereocenters. The minimum Gasteiger partial charge on any atom is -0.496 e.